The van der Waals surface area contributed by atoms with Crippen LogP contribution < -0.4 is 5.32 Å². The zero-order valence-electron chi connectivity index (χ0n) is 10.4. The van der Waals surface area contributed by atoms with Gasteiger partial charge < -0.3 is 9.88 Å². The van der Waals surface area contributed by atoms with Crippen LogP contribution in [0.4, 0.5) is 10.1 Å². The molecule has 1 aromatic heterocycles. The van der Waals surface area contributed by atoms with Gasteiger partial charge in [0.15, 0.2) is 0 Å². The second kappa shape index (κ2) is 4.44. The number of nitrogens with zero attached hydrogens (tertiary/aromatic N) is 2. The van der Waals surface area contributed by atoms with E-state index >= 15 is 0 Å². The van der Waals surface area contributed by atoms with Gasteiger partial charge in [-0.15, -0.1) is 0 Å². The summed E-state index contributed by atoms with van der Waals surface area (Å²) in [4.78, 5) is 4.16. The summed E-state index contributed by atoms with van der Waals surface area (Å²) in [5, 5.41) is 3.14. The first-order valence-electron chi connectivity index (χ1n) is 6.25. The molecule has 3 nitrogen and oxygen atoms in total. The maximum absolute atomic E-state index is 13.6. The average molecular weight is 245 g/mol. The minimum atomic E-state index is -0.210. The fourth-order valence-corrected chi connectivity index (χ4v) is 2.11. The molecule has 94 valence electrons. The number of benzene rings is 1. The average Bonchev–Trinajstić information content (AvgIpc) is 3.10. The van der Waals surface area contributed by atoms with Gasteiger partial charge in [-0.05, 0) is 37.5 Å². The Balaban J connectivity index is 1.73. The quantitative estimate of drug-likeness (QED) is 0.895. The van der Waals surface area contributed by atoms with Gasteiger partial charge in [0.2, 0.25) is 0 Å². The van der Waals surface area contributed by atoms with Crippen molar-refractivity contribution in [3.63, 3.8) is 0 Å². The number of rotatable bonds is 4. The van der Waals surface area contributed by atoms with Crippen LogP contribution in [0.5, 0.6) is 0 Å². The van der Waals surface area contributed by atoms with Gasteiger partial charge >= 0.3 is 0 Å². The van der Waals surface area contributed by atoms with Crippen LogP contribution in [0, 0.1) is 12.7 Å². The zero-order chi connectivity index (χ0) is 12.5. The monoisotopic (exact) mass is 245 g/mol. The first kappa shape index (κ1) is 11.3. The van der Waals surface area contributed by atoms with E-state index in [4.69, 9.17) is 0 Å². The van der Waals surface area contributed by atoms with Crippen LogP contribution in [-0.4, -0.2) is 9.55 Å². The predicted octanol–water partition coefficient (Wildman–Crippen LogP) is 3.28. The molecule has 3 rings (SSSR count). The van der Waals surface area contributed by atoms with Crippen LogP contribution in [0.1, 0.15) is 30.1 Å². The van der Waals surface area contributed by atoms with Gasteiger partial charge in [0.25, 0.3) is 0 Å². The Morgan fingerprint density at radius 3 is 3.06 bits per heavy atom. The number of anilines is 1. The molecule has 2 aromatic rings. The SMILES string of the molecule is Cc1ccc(F)c(NCc2cncn2C2CC2)c1. The molecule has 0 aliphatic heterocycles. The summed E-state index contributed by atoms with van der Waals surface area (Å²) in [5.74, 6) is -0.210. The van der Waals surface area contributed by atoms with Gasteiger partial charge in [-0.25, -0.2) is 9.37 Å². The summed E-state index contributed by atoms with van der Waals surface area (Å²) in [5.41, 5.74) is 2.71. The topological polar surface area (TPSA) is 29.9 Å². The standard InChI is InChI=1S/C14H16FN3/c1-10-2-5-13(15)14(6-10)17-8-12-7-16-9-18(12)11-3-4-11/h2,5-7,9,11,17H,3-4,8H2,1H3. The number of aromatic nitrogens is 2. The summed E-state index contributed by atoms with van der Waals surface area (Å²) in [6.07, 6.45) is 6.16. The van der Waals surface area contributed by atoms with Gasteiger partial charge in [-0.1, -0.05) is 6.07 Å². The van der Waals surface area contributed by atoms with Crippen molar-refractivity contribution < 1.29 is 4.39 Å². The van der Waals surface area contributed by atoms with Crippen LogP contribution in [0.25, 0.3) is 0 Å². The number of hydrogen-bond acceptors (Lipinski definition) is 2. The third-order valence-electron chi connectivity index (χ3n) is 3.27. The van der Waals surface area contributed by atoms with Crippen molar-refractivity contribution in [3.05, 3.63) is 47.8 Å². The molecule has 0 spiro atoms. The van der Waals surface area contributed by atoms with Gasteiger partial charge in [-0.3, -0.25) is 0 Å². The van der Waals surface area contributed by atoms with E-state index in [1.165, 1.54) is 18.9 Å². The highest BCUT2D eigenvalue weighted by molar-refractivity contribution is 5.47. The molecule has 0 bridgehead atoms. The molecule has 1 aliphatic rings. The smallest absolute Gasteiger partial charge is 0.146 e. The Kier molecular flexibility index (Phi) is 2.78. The van der Waals surface area contributed by atoms with Gasteiger partial charge in [0.1, 0.15) is 5.82 Å². The zero-order valence-corrected chi connectivity index (χ0v) is 10.4. The number of halogens is 1. The summed E-state index contributed by atoms with van der Waals surface area (Å²) in [7, 11) is 0. The van der Waals surface area contributed by atoms with Gasteiger partial charge in [0, 0.05) is 12.2 Å². The summed E-state index contributed by atoms with van der Waals surface area (Å²) < 4.78 is 15.8. The summed E-state index contributed by atoms with van der Waals surface area (Å²) >= 11 is 0. The molecule has 0 atom stereocenters. The third-order valence-corrected chi connectivity index (χ3v) is 3.27. The van der Waals surface area contributed by atoms with E-state index in [1.807, 2.05) is 25.5 Å². The van der Waals surface area contributed by atoms with Gasteiger partial charge in [-0.2, -0.15) is 0 Å². The first-order valence-corrected chi connectivity index (χ1v) is 6.25. The fourth-order valence-electron chi connectivity index (χ4n) is 2.11. The minimum absolute atomic E-state index is 0.210. The molecular weight excluding hydrogens is 229 g/mol. The molecule has 1 saturated carbocycles. The Hall–Kier alpha value is -1.84. The predicted molar refractivity (Wildman–Crippen MR) is 69.0 cm³/mol. The molecule has 0 saturated heterocycles. The lowest BCUT2D eigenvalue weighted by Gasteiger charge is -2.10. The molecule has 18 heavy (non-hydrogen) atoms. The highest BCUT2D eigenvalue weighted by atomic mass is 19.1. The van der Waals surface area contributed by atoms with Crippen LogP contribution in [-0.2, 0) is 6.54 Å². The van der Waals surface area contributed by atoms with E-state index in [9.17, 15) is 4.39 Å². The van der Waals surface area contributed by atoms with E-state index in [0.717, 1.165) is 11.3 Å². The Bertz CT molecular complexity index is 558. The number of imidazole rings is 1. The normalized spacial score (nSPS) is 14.8. The summed E-state index contributed by atoms with van der Waals surface area (Å²) in [6.45, 7) is 2.57. The van der Waals surface area contributed by atoms with Crippen LogP contribution in [0.3, 0.4) is 0 Å². The lowest BCUT2D eigenvalue weighted by atomic mass is 10.2. The van der Waals surface area contributed by atoms with Crippen molar-refractivity contribution >= 4 is 5.69 Å². The molecule has 4 heteroatoms. The largest absolute Gasteiger partial charge is 0.377 e. The molecule has 1 aromatic carbocycles. The van der Waals surface area contributed by atoms with E-state index in [1.54, 1.807) is 6.07 Å². The van der Waals surface area contributed by atoms with Crippen molar-refractivity contribution in [2.24, 2.45) is 0 Å². The molecule has 1 N–H and O–H groups in total. The van der Waals surface area contributed by atoms with Crippen molar-refractivity contribution in [1.82, 2.24) is 9.55 Å². The summed E-state index contributed by atoms with van der Waals surface area (Å²) in [6, 6.07) is 5.70. The third kappa shape index (κ3) is 2.23. The number of hydrogen-bond donors (Lipinski definition) is 1. The van der Waals surface area contributed by atoms with E-state index in [2.05, 4.69) is 14.9 Å². The van der Waals surface area contributed by atoms with Crippen LogP contribution in [0.2, 0.25) is 0 Å². The number of nitrogens with one attached hydrogen (secondary N) is 1. The molecule has 0 amide bonds. The van der Waals surface area contributed by atoms with Crippen molar-refractivity contribution in [2.75, 3.05) is 5.32 Å². The van der Waals surface area contributed by atoms with Gasteiger partial charge in [0.05, 0.1) is 24.3 Å². The van der Waals surface area contributed by atoms with E-state index < -0.39 is 0 Å². The minimum Gasteiger partial charge on any atom is -0.377 e. The lowest BCUT2D eigenvalue weighted by Crippen LogP contribution is -2.07. The van der Waals surface area contributed by atoms with E-state index in [-0.39, 0.29) is 5.82 Å². The molecular formula is C14H16FN3. The Labute approximate surface area is 106 Å². The molecule has 0 unspecified atom stereocenters. The lowest BCUT2D eigenvalue weighted by molar-refractivity contribution is 0.628. The Morgan fingerprint density at radius 2 is 2.28 bits per heavy atom. The Morgan fingerprint density at radius 1 is 1.44 bits per heavy atom. The van der Waals surface area contributed by atoms with Crippen molar-refractivity contribution in [2.45, 2.75) is 32.4 Å². The van der Waals surface area contributed by atoms with Crippen molar-refractivity contribution in [3.8, 4) is 0 Å². The fraction of sp³-hybridized carbons (Fsp3) is 0.357. The molecule has 1 fully saturated rings. The maximum atomic E-state index is 13.6. The maximum Gasteiger partial charge on any atom is 0.146 e. The first-order chi connectivity index (χ1) is 8.74. The highest BCUT2D eigenvalue weighted by Crippen LogP contribution is 2.35. The molecule has 0 radical (unpaired) electrons. The van der Waals surface area contributed by atoms with Crippen LogP contribution in [0.15, 0.2) is 30.7 Å². The second-order valence-electron chi connectivity index (χ2n) is 4.86. The van der Waals surface area contributed by atoms with Crippen molar-refractivity contribution in [1.29, 1.82) is 0 Å². The van der Waals surface area contributed by atoms with Crippen LogP contribution >= 0.6 is 0 Å². The van der Waals surface area contributed by atoms with E-state index in [0.29, 0.717) is 18.3 Å². The molecule has 1 heterocycles. The number of aryl methyl sites for hydroxylation is 1. The molecule has 1 aliphatic carbocycles. The highest BCUT2D eigenvalue weighted by Gasteiger charge is 2.24. The second-order valence-corrected chi connectivity index (χ2v) is 4.86.